The summed E-state index contributed by atoms with van der Waals surface area (Å²) in [6.45, 7) is 0.643. The fraction of sp³-hybridized carbons (Fsp3) is 0.368. The molecule has 0 aliphatic carbocycles. The molecule has 1 N–H and O–H groups in total. The van der Waals surface area contributed by atoms with Crippen LogP contribution < -0.4 is 5.32 Å². The number of nitrogens with one attached hydrogen (secondary N) is 1. The largest absolute Gasteiger partial charge is 0.327 e. The van der Waals surface area contributed by atoms with Crippen LogP contribution in [0.2, 0.25) is 0 Å². The highest BCUT2D eigenvalue weighted by molar-refractivity contribution is 8.19. The normalized spacial score (nSPS) is 20.5. The van der Waals surface area contributed by atoms with Crippen LogP contribution in [-0.2, 0) is 9.59 Å². The first-order valence-corrected chi connectivity index (χ1v) is 11.7. The van der Waals surface area contributed by atoms with Crippen LogP contribution in [0.15, 0.2) is 41.8 Å². The molecule has 2 saturated heterocycles. The molecule has 2 fully saturated rings. The van der Waals surface area contributed by atoms with Gasteiger partial charge in [0.15, 0.2) is 0 Å². The minimum absolute atomic E-state index is 0.0332. The zero-order valence-corrected chi connectivity index (χ0v) is 16.7. The second-order valence-electron chi connectivity index (χ2n) is 6.33. The lowest BCUT2D eigenvalue weighted by molar-refractivity contribution is -0.143. The Bertz CT molecular complexity index is 788. The zero-order chi connectivity index (χ0) is 17.9. The molecule has 3 heterocycles. The van der Waals surface area contributed by atoms with Gasteiger partial charge in [0, 0.05) is 28.6 Å². The van der Waals surface area contributed by atoms with Gasteiger partial charge in [0.25, 0.3) is 0 Å². The summed E-state index contributed by atoms with van der Waals surface area (Å²) in [6.07, 6.45) is 1.86. The summed E-state index contributed by atoms with van der Waals surface area (Å²) in [6, 6.07) is 11.9. The van der Waals surface area contributed by atoms with E-state index in [2.05, 4.69) is 11.4 Å². The lowest BCUT2D eigenvalue weighted by Crippen LogP contribution is -2.39. The molecule has 2 aromatic rings. The van der Waals surface area contributed by atoms with Crippen molar-refractivity contribution in [2.24, 2.45) is 0 Å². The summed E-state index contributed by atoms with van der Waals surface area (Å²) in [5.41, 5.74) is 1.89. The molecule has 2 amide bonds. The number of thioether (sulfide) groups is 2. The van der Waals surface area contributed by atoms with Crippen molar-refractivity contribution >= 4 is 52.4 Å². The van der Waals surface area contributed by atoms with Gasteiger partial charge in [-0.25, -0.2) is 0 Å². The number of likely N-dealkylation sites (tertiary alicyclic amines) is 1. The van der Waals surface area contributed by atoms with Crippen molar-refractivity contribution in [2.45, 2.75) is 23.5 Å². The minimum Gasteiger partial charge on any atom is -0.327 e. The molecule has 0 saturated carbocycles. The Morgan fingerprint density at radius 2 is 1.96 bits per heavy atom. The van der Waals surface area contributed by atoms with Crippen LogP contribution in [0.3, 0.4) is 0 Å². The van der Waals surface area contributed by atoms with Gasteiger partial charge in [-0.15, -0.1) is 34.9 Å². The van der Waals surface area contributed by atoms with Gasteiger partial charge in [-0.1, -0.05) is 18.2 Å². The monoisotopic (exact) mass is 404 g/mol. The Morgan fingerprint density at radius 3 is 2.73 bits per heavy atom. The van der Waals surface area contributed by atoms with E-state index in [1.807, 2.05) is 59.2 Å². The smallest absolute Gasteiger partial charge is 0.313 e. The van der Waals surface area contributed by atoms with E-state index >= 15 is 0 Å². The van der Waals surface area contributed by atoms with Crippen LogP contribution >= 0.6 is 34.9 Å². The molecule has 4 rings (SSSR count). The molecular formula is C19H20N2O2S3. The number of rotatable bonds is 3. The molecular weight excluding hydrogens is 384 g/mol. The third-order valence-corrected chi connectivity index (χ3v) is 8.70. The summed E-state index contributed by atoms with van der Waals surface area (Å²) in [7, 11) is 0. The van der Waals surface area contributed by atoms with Gasteiger partial charge in [0.05, 0.1) is 10.6 Å². The summed E-state index contributed by atoms with van der Waals surface area (Å²) in [5.74, 6) is 1.33. The average molecular weight is 405 g/mol. The van der Waals surface area contributed by atoms with Crippen LogP contribution in [0.4, 0.5) is 5.69 Å². The van der Waals surface area contributed by atoms with Crippen molar-refractivity contribution in [1.29, 1.82) is 0 Å². The summed E-state index contributed by atoms with van der Waals surface area (Å²) in [5, 5.41) is 4.82. The summed E-state index contributed by atoms with van der Waals surface area (Å²) < 4.78 is 0.421. The molecule has 2 aliphatic heterocycles. The van der Waals surface area contributed by atoms with E-state index in [1.54, 1.807) is 16.2 Å². The molecule has 1 aromatic heterocycles. The van der Waals surface area contributed by atoms with Crippen LogP contribution in [-0.4, -0.2) is 34.8 Å². The van der Waals surface area contributed by atoms with E-state index in [9.17, 15) is 9.59 Å². The second kappa shape index (κ2) is 8.06. The number of thiophene rings is 1. The Labute approximate surface area is 165 Å². The third kappa shape index (κ3) is 3.80. The van der Waals surface area contributed by atoms with Gasteiger partial charge in [-0.05, 0) is 42.0 Å². The van der Waals surface area contributed by atoms with Crippen molar-refractivity contribution in [3.63, 3.8) is 0 Å². The van der Waals surface area contributed by atoms with E-state index in [0.717, 1.165) is 29.2 Å². The highest BCUT2D eigenvalue weighted by Crippen LogP contribution is 2.45. The maximum atomic E-state index is 12.7. The van der Waals surface area contributed by atoms with Crippen molar-refractivity contribution in [1.82, 2.24) is 4.90 Å². The van der Waals surface area contributed by atoms with Gasteiger partial charge >= 0.3 is 11.8 Å². The number of amides is 2. The quantitative estimate of drug-likeness (QED) is 0.764. The van der Waals surface area contributed by atoms with Crippen LogP contribution in [0, 0.1) is 0 Å². The zero-order valence-electron chi connectivity index (χ0n) is 14.2. The lowest BCUT2D eigenvalue weighted by atomic mass is 10.2. The topological polar surface area (TPSA) is 49.4 Å². The van der Waals surface area contributed by atoms with Crippen molar-refractivity contribution < 1.29 is 9.59 Å². The van der Waals surface area contributed by atoms with Crippen LogP contribution in [0.5, 0.6) is 0 Å². The Hall–Kier alpha value is -1.44. The molecule has 7 heteroatoms. The van der Waals surface area contributed by atoms with Crippen molar-refractivity contribution in [2.75, 3.05) is 23.4 Å². The first kappa shape index (κ1) is 17.9. The number of carbonyl (C=O) groups is 2. The van der Waals surface area contributed by atoms with Gasteiger partial charge in [0.1, 0.15) is 0 Å². The first-order chi connectivity index (χ1) is 12.7. The Morgan fingerprint density at radius 1 is 1.12 bits per heavy atom. The van der Waals surface area contributed by atoms with Crippen LogP contribution in [0.25, 0.3) is 0 Å². The predicted molar refractivity (Wildman–Crippen MR) is 111 cm³/mol. The number of hydrogen-bond donors (Lipinski definition) is 1. The van der Waals surface area contributed by atoms with E-state index in [4.69, 9.17) is 0 Å². The van der Waals surface area contributed by atoms with Gasteiger partial charge < -0.3 is 10.2 Å². The number of benzene rings is 1. The number of hydrogen-bond acceptors (Lipinski definition) is 5. The van der Waals surface area contributed by atoms with E-state index in [0.29, 0.717) is 16.8 Å². The van der Waals surface area contributed by atoms with Crippen molar-refractivity contribution in [3.05, 3.63) is 52.2 Å². The molecule has 0 unspecified atom stereocenters. The fourth-order valence-corrected chi connectivity index (χ4v) is 7.13. The molecule has 1 atom stereocenters. The van der Waals surface area contributed by atoms with Crippen LogP contribution in [0.1, 0.15) is 33.9 Å². The van der Waals surface area contributed by atoms with Gasteiger partial charge in [-0.3, -0.25) is 9.59 Å². The average Bonchev–Trinajstić information content (AvgIpc) is 3.43. The maximum Gasteiger partial charge on any atom is 0.313 e. The molecule has 136 valence electrons. The van der Waals surface area contributed by atoms with E-state index < -0.39 is 11.8 Å². The predicted octanol–water partition coefficient (Wildman–Crippen LogP) is 4.53. The Balaban J connectivity index is 1.44. The van der Waals surface area contributed by atoms with E-state index in [1.165, 1.54) is 5.56 Å². The molecule has 0 radical (unpaired) electrons. The summed E-state index contributed by atoms with van der Waals surface area (Å²) in [4.78, 5) is 28.1. The first-order valence-electron chi connectivity index (χ1n) is 8.71. The number of nitrogens with zero attached hydrogens (tertiary/aromatic N) is 1. The number of anilines is 1. The summed E-state index contributed by atoms with van der Waals surface area (Å²) >= 11 is 5.49. The SMILES string of the molecule is O=C(Nc1cccc(C2SCCS2)c1)C(=O)N1CCC[C@@H]1c1cccs1. The minimum atomic E-state index is -0.544. The highest BCUT2D eigenvalue weighted by Gasteiger charge is 2.34. The fourth-order valence-electron chi connectivity index (χ4n) is 3.42. The van der Waals surface area contributed by atoms with Gasteiger partial charge in [-0.2, -0.15) is 0 Å². The maximum absolute atomic E-state index is 12.7. The number of carbonyl (C=O) groups excluding carboxylic acids is 2. The third-order valence-electron chi connectivity index (χ3n) is 4.62. The molecule has 2 aliphatic rings. The molecule has 0 bridgehead atoms. The standard InChI is InChI=1S/C19H20N2O2S3/c22-17(18(23)21-8-2-6-15(21)16-7-3-9-24-16)20-14-5-1-4-13(12-14)19-25-10-11-26-19/h1,3-5,7,9,12,15,19H,2,6,8,10-11H2,(H,20,22)/t15-/m1/s1. The van der Waals surface area contributed by atoms with Crippen molar-refractivity contribution in [3.8, 4) is 0 Å². The molecule has 1 aromatic carbocycles. The molecule has 0 spiro atoms. The lowest BCUT2D eigenvalue weighted by Gasteiger charge is -2.23. The molecule has 4 nitrogen and oxygen atoms in total. The van der Waals surface area contributed by atoms with Gasteiger partial charge in [0.2, 0.25) is 0 Å². The van der Waals surface area contributed by atoms with E-state index in [-0.39, 0.29) is 6.04 Å². The molecule has 26 heavy (non-hydrogen) atoms. The Kier molecular flexibility index (Phi) is 5.57. The highest BCUT2D eigenvalue weighted by atomic mass is 32.2. The second-order valence-corrected chi connectivity index (χ2v) is 10.0.